The molecule has 0 radical (unpaired) electrons. The molecule has 0 aliphatic heterocycles. The zero-order chi connectivity index (χ0) is 15.4. The molecular formula is C16H14Br2N2O. The van der Waals surface area contributed by atoms with Crippen molar-refractivity contribution in [3.63, 3.8) is 0 Å². The minimum Gasteiger partial charge on any atom is -0.495 e. The lowest BCUT2D eigenvalue weighted by molar-refractivity contribution is 0.413. The second-order valence-corrected chi connectivity index (χ2v) is 6.31. The van der Waals surface area contributed by atoms with Crippen LogP contribution in [0.25, 0.3) is 0 Å². The molecule has 0 atom stereocenters. The third-order valence-corrected chi connectivity index (χ3v) is 4.29. The van der Waals surface area contributed by atoms with Gasteiger partial charge in [0.25, 0.3) is 0 Å². The first kappa shape index (κ1) is 15.9. The van der Waals surface area contributed by atoms with E-state index in [0.717, 1.165) is 20.2 Å². The molecule has 3 nitrogen and oxygen atoms in total. The minimum atomic E-state index is 0.541. The Bertz CT molecular complexity index is 685. The topological polar surface area (TPSA) is 45.0 Å². The predicted molar refractivity (Wildman–Crippen MR) is 91.6 cm³/mol. The summed E-state index contributed by atoms with van der Waals surface area (Å²) in [6, 6.07) is 11.8. The lowest BCUT2D eigenvalue weighted by Crippen LogP contribution is -2.02. The van der Waals surface area contributed by atoms with Gasteiger partial charge in [0.2, 0.25) is 0 Å². The maximum absolute atomic E-state index is 8.99. The third-order valence-electron chi connectivity index (χ3n) is 3.04. The number of nitrogens with zero attached hydrogens (tertiary/aromatic N) is 1. The molecule has 0 aromatic heterocycles. The molecule has 0 fully saturated rings. The first-order chi connectivity index (χ1) is 10.0. The number of halogens is 2. The van der Waals surface area contributed by atoms with Gasteiger partial charge in [0.15, 0.2) is 0 Å². The number of ether oxygens (including phenoxy) is 1. The Kier molecular flexibility index (Phi) is 5.27. The summed E-state index contributed by atoms with van der Waals surface area (Å²) in [6.07, 6.45) is 0. The third kappa shape index (κ3) is 3.78. The second-order valence-electron chi connectivity index (χ2n) is 4.60. The van der Waals surface area contributed by atoms with Crippen molar-refractivity contribution >= 4 is 37.5 Å². The largest absolute Gasteiger partial charge is 0.495 e. The van der Waals surface area contributed by atoms with Crippen LogP contribution < -0.4 is 10.1 Å². The van der Waals surface area contributed by atoms with E-state index < -0.39 is 0 Å². The van der Waals surface area contributed by atoms with Crippen LogP contribution >= 0.6 is 31.9 Å². The minimum absolute atomic E-state index is 0.541. The Labute approximate surface area is 141 Å². The van der Waals surface area contributed by atoms with Crippen LogP contribution in [-0.4, -0.2) is 7.11 Å². The maximum Gasteiger partial charge on any atom is 0.136 e. The molecular weight excluding hydrogens is 396 g/mol. The number of methoxy groups -OCH3 is 1. The van der Waals surface area contributed by atoms with E-state index in [1.165, 1.54) is 5.56 Å². The van der Waals surface area contributed by atoms with Gasteiger partial charge in [0.05, 0.1) is 18.4 Å². The van der Waals surface area contributed by atoms with E-state index in [0.29, 0.717) is 17.9 Å². The van der Waals surface area contributed by atoms with Crippen LogP contribution in [0.1, 0.15) is 16.7 Å². The molecule has 5 heteroatoms. The molecule has 0 saturated carbocycles. The number of anilines is 1. The molecule has 21 heavy (non-hydrogen) atoms. The van der Waals surface area contributed by atoms with Gasteiger partial charge < -0.3 is 10.1 Å². The van der Waals surface area contributed by atoms with Crippen LogP contribution in [0, 0.1) is 18.3 Å². The maximum atomic E-state index is 8.99. The van der Waals surface area contributed by atoms with Crippen LogP contribution in [0.2, 0.25) is 0 Å². The van der Waals surface area contributed by atoms with Gasteiger partial charge in [-0.3, -0.25) is 0 Å². The van der Waals surface area contributed by atoms with Crippen molar-refractivity contribution in [2.75, 3.05) is 12.4 Å². The van der Waals surface area contributed by atoms with Crippen molar-refractivity contribution < 1.29 is 4.74 Å². The summed E-state index contributed by atoms with van der Waals surface area (Å²) >= 11 is 7.12. The predicted octanol–water partition coefficient (Wildman–Crippen LogP) is 5.01. The van der Waals surface area contributed by atoms with Crippen LogP contribution in [-0.2, 0) is 6.54 Å². The van der Waals surface area contributed by atoms with Crippen LogP contribution in [0.15, 0.2) is 39.3 Å². The van der Waals surface area contributed by atoms with Gasteiger partial charge in [-0.2, -0.15) is 5.26 Å². The van der Waals surface area contributed by atoms with E-state index in [-0.39, 0.29) is 0 Å². The van der Waals surface area contributed by atoms with Gasteiger partial charge in [-0.15, -0.1) is 0 Å². The zero-order valence-corrected chi connectivity index (χ0v) is 14.9. The average molecular weight is 410 g/mol. The summed E-state index contributed by atoms with van der Waals surface area (Å²) in [5.74, 6) is 0.596. The standard InChI is InChI=1S/C16H14Br2N2O/c1-10-5-13(17)16(14(18)6-10)20-9-11-3-4-12(8-19)15(7-11)21-2/h3-7,20H,9H2,1-2H3. The molecule has 0 spiro atoms. The summed E-state index contributed by atoms with van der Waals surface area (Å²) in [4.78, 5) is 0. The summed E-state index contributed by atoms with van der Waals surface area (Å²) in [5.41, 5.74) is 3.77. The molecule has 0 heterocycles. The van der Waals surface area contributed by atoms with E-state index in [1.54, 1.807) is 13.2 Å². The van der Waals surface area contributed by atoms with E-state index in [4.69, 9.17) is 10.00 Å². The van der Waals surface area contributed by atoms with Crippen molar-refractivity contribution in [2.24, 2.45) is 0 Å². The van der Waals surface area contributed by atoms with Gasteiger partial charge in [0, 0.05) is 15.5 Å². The molecule has 0 unspecified atom stereocenters. The van der Waals surface area contributed by atoms with E-state index in [2.05, 4.69) is 55.4 Å². The van der Waals surface area contributed by atoms with Gasteiger partial charge in [-0.05, 0) is 74.2 Å². The van der Waals surface area contributed by atoms with E-state index in [1.807, 2.05) is 19.1 Å². The first-order valence-electron chi connectivity index (χ1n) is 6.31. The molecule has 0 saturated heterocycles. The first-order valence-corrected chi connectivity index (χ1v) is 7.90. The SMILES string of the molecule is COc1cc(CNc2c(Br)cc(C)cc2Br)ccc1C#N. The molecule has 0 aliphatic rings. The smallest absolute Gasteiger partial charge is 0.136 e. The molecule has 2 aromatic rings. The summed E-state index contributed by atoms with van der Waals surface area (Å²) in [7, 11) is 1.57. The molecule has 1 N–H and O–H groups in total. The highest BCUT2D eigenvalue weighted by molar-refractivity contribution is 9.11. The molecule has 0 bridgehead atoms. The number of hydrogen-bond donors (Lipinski definition) is 1. The molecule has 0 aliphatic carbocycles. The zero-order valence-electron chi connectivity index (χ0n) is 11.7. The van der Waals surface area contributed by atoms with Crippen molar-refractivity contribution in [1.82, 2.24) is 0 Å². The van der Waals surface area contributed by atoms with Crippen LogP contribution in [0.3, 0.4) is 0 Å². The number of benzene rings is 2. The number of aryl methyl sites for hydroxylation is 1. The van der Waals surface area contributed by atoms with Crippen molar-refractivity contribution in [3.8, 4) is 11.8 Å². The number of rotatable bonds is 4. The summed E-state index contributed by atoms with van der Waals surface area (Å²) in [6.45, 7) is 2.69. The van der Waals surface area contributed by atoms with Crippen molar-refractivity contribution in [3.05, 3.63) is 56.0 Å². The average Bonchev–Trinajstić information content (AvgIpc) is 2.45. The normalized spacial score (nSPS) is 10.0. The summed E-state index contributed by atoms with van der Waals surface area (Å²) < 4.78 is 7.24. The number of nitrogens with one attached hydrogen (secondary N) is 1. The quantitative estimate of drug-likeness (QED) is 0.771. The highest BCUT2D eigenvalue weighted by Crippen LogP contribution is 2.32. The van der Waals surface area contributed by atoms with Crippen LogP contribution in [0.4, 0.5) is 5.69 Å². The lowest BCUT2D eigenvalue weighted by atomic mass is 10.1. The van der Waals surface area contributed by atoms with E-state index >= 15 is 0 Å². The number of hydrogen-bond acceptors (Lipinski definition) is 3. The Balaban J connectivity index is 2.19. The summed E-state index contributed by atoms with van der Waals surface area (Å²) in [5, 5.41) is 12.4. The highest BCUT2D eigenvalue weighted by Gasteiger charge is 2.07. The van der Waals surface area contributed by atoms with Gasteiger partial charge in [0.1, 0.15) is 11.8 Å². The van der Waals surface area contributed by atoms with Gasteiger partial charge in [-0.1, -0.05) is 6.07 Å². The molecule has 2 aromatic carbocycles. The Morgan fingerprint density at radius 3 is 2.43 bits per heavy atom. The van der Waals surface area contributed by atoms with Gasteiger partial charge in [-0.25, -0.2) is 0 Å². The lowest BCUT2D eigenvalue weighted by Gasteiger charge is -2.13. The fourth-order valence-corrected chi connectivity index (χ4v) is 3.69. The Morgan fingerprint density at radius 1 is 1.19 bits per heavy atom. The van der Waals surface area contributed by atoms with Gasteiger partial charge >= 0.3 is 0 Å². The second kappa shape index (κ2) is 6.97. The fraction of sp³-hybridized carbons (Fsp3) is 0.188. The highest BCUT2D eigenvalue weighted by atomic mass is 79.9. The molecule has 0 amide bonds. The van der Waals surface area contributed by atoms with Crippen molar-refractivity contribution in [1.29, 1.82) is 5.26 Å². The number of nitriles is 1. The van der Waals surface area contributed by atoms with Crippen molar-refractivity contribution in [2.45, 2.75) is 13.5 Å². The molecule has 2 rings (SSSR count). The fourth-order valence-electron chi connectivity index (χ4n) is 2.00. The van der Waals surface area contributed by atoms with Crippen LogP contribution in [0.5, 0.6) is 5.75 Å². The van der Waals surface area contributed by atoms with E-state index in [9.17, 15) is 0 Å². The monoisotopic (exact) mass is 408 g/mol. The molecule has 108 valence electrons. The Hall–Kier alpha value is -1.51. The Morgan fingerprint density at radius 2 is 1.86 bits per heavy atom.